The van der Waals surface area contributed by atoms with Crippen LogP contribution in [-0.2, 0) is 9.59 Å². The van der Waals surface area contributed by atoms with E-state index < -0.39 is 16.9 Å². The molecule has 1 aromatic rings. The zero-order chi connectivity index (χ0) is 17.0. The van der Waals surface area contributed by atoms with Gasteiger partial charge in [0.15, 0.2) is 5.75 Å². The van der Waals surface area contributed by atoms with Crippen LogP contribution in [0.1, 0.15) is 26.2 Å². The summed E-state index contributed by atoms with van der Waals surface area (Å²) in [6.07, 6.45) is 1.57. The number of carbonyl (C=O) groups excluding carboxylic acids is 1. The summed E-state index contributed by atoms with van der Waals surface area (Å²) >= 11 is 0. The van der Waals surface area contributed by atoms with Gasteiger partial charge in [-0.05, 0) is 25.8 Å². The molecule has 23 heavy (non-hydrogen) atoms. The zero-order valence-electron chi connectivity index (χ0n) is 12.7. The van der Waals surface area contributed by atoms with Crippen molar-refractivity contribution in [3.63, 3.8) is 0 Å². The Morgan fingerprint density at radius 3 is 2.65 bits per heavy atom. The minimum atomic E-state index is -1.05. The Morgan fingerprint density at radius 1 is 1.43 bits per heavy atom. The first-order valence-corrected chi connectivity index (χ1v) is 7.32. The van der Waals surface area contributed by atoms with E-state index >= 15 is 0 Å². The summed E-state index contributed by atoms with van der Waals surface area (Å²) in [5, 5.41) is 20.0. The average molecular weight is 322 g/mol. The first-order chi connectivity index (χ1) is 10.9. The topological polar surface area (TPSA) is 110 Å². The number of hydrogen-bond acceptors (Lipinski definition) is 5. The van der Waals surface area contributed by atoms with Crippen LogP contribution in [0.5, 0.6) is 5.75 Å². The van der Waals surface area contributed by atoms with Crippen LogP contribution in [0, 0.1) is 10.1 Å². The van der Waals surface area contributed by atoms with Crippen molar-refractivity contribution in [2.24, 2.45) is 0 Å². The molecule has 0 aromatic heterocycles. The molecule has 0 radical (unpaired) electrons. The van der Waals surface area contributed by atoms with Crippen molar-refractivity contribution < 1.29 is 24.4 Å². The molecule has 1 atom stereocenters. The Kier molecular flexibility index (Phi) is 5.15. The second kappa shape index (κ2) is 7.08. The van der Waals surface area contributed by atoms with Crippen molar-refractivity contribution >= 4 is 17.6 Å². The first kappa shape index (κ1) is 16.7. The van der Waals surface area contributed by atoms with Crippen molar-refractivity contribution in [3.8, 4) is 5.75 Å². The molecule has 0 spiro atoms. The Hall–Kier alpha value is -2.64. The highest BCUT2D eigenvalue weighted by Gasteiger charge is 2.38. The molecule has 0 heterocycles. The number of carboxylic acids is 1. The molecule has 8 heteroatoms. The van der Waals surface area contributed by atoms with Gasteiger partial charge >= 0.3 is 11.7 Å². The molecule has 1 N–H and O–H groups in total. The van der Waals surface area contributed by atoms with E-state index in [1.54, 1.807) is 6.07 Å². The molecule has 2 rings (SSSR count). The number of carbonyl (C=O) groups is 2. The molecular formula is C15H18N2O6. The molecular weight excluding hydrogens is 304 g/mol. The fourth-order valence-corrected chi connectivity index (χ4v) is 2.31. The second-order valence-corrected chi connectivity index (χ2v) is 5.37. The van der Waals surface area contributed by atoms with Crippen LogP contribution < -0.4 is 4.74 Å². The van der Waals surface area contributed by atoms with Gasteiger partial charge in [0.25, 0.3) is 0 Å². The van der Waals surface area contributed by atoms with Gasteiger partial charge in [-0.1, -0.05) is 12.1 Å². The summed E-state index contributed by atoms with van der Waals surface area (Å²) in [6, 6.07) is 4.99. The van der Waals surface area contributed by atoms with Gasteiger partial charge in [-0.2, -0.15) is 0 Å². The highest BCUT2D eigenvalue weighted by Crippen LogP contribution is 2.30. The van der Waals surface area contributed by atoms with Crippen LogP contribution in [0.25, 0.3) is 0 Å². The number of aliphatic carboxylic acids is 1. The summed E-state index contributed by atoms with van der Waals surface area (Å²) in [4.78, 5) is 35.0. The fourth-order valence-electron chi connectivity index (χ4n) is 2.31. The predicted molar refractivity (Wildman–Crippen MR) is 80.2 cm³/mol. The molecule has 1 aromatic carbocycles. The van der Waals surface area contributed by atoms with Gasteiger partial charge in [-0.15, -0.1) is 0 Å². The van der Waals surface area contributed by atoms with Crippen molar-refractivity contribution in [1.82, 2.24) is 4.90 Å². The van der Waals surface area contributed by atoms with Gasteiger partial charge in [0.1, 0.15) is 6.04 Å². The first-order valence-electron chi connectivity index (χ1n) is 7.32. The third-order valence-electron chi connectivity index (χ3n) is 3.64. The number of ether oxygens (including phenoxy) is 1. The molecule has 1 unspecified atom stereocenters. The van der Waals surface area contributed by atoms with E-state index in [-0.39, 0.29) is 36.4 Å². The van der Waals surface area contributed by atoms with E-state index in [9.17, 15) is 19.7 Å². The number of amides is 1. The molecule has 124 valence electrons. The predicted octanol–water partition coefficient (Wildman–Crippen LogP) is 1.83. The number of para-hydroxylation sites is 2. The minimum absolute atomic E-state index is 0.0276. The van der Waals surface area contributed by atoms with E-state index in [1.807, 2.05) is 0 Å². The quantitative estimate of drug-likeness (QED) is 0.577. The van der Waals surface area contributed by atoms with Crippen molar-refractivity contribution in [3.05, 3.63) is 34.4 Å². The lowest BCUT2D eigenvalue weighted by Gasteiger charge is -2.26. The van der Waals surface area contributed by atoms with Gasteiger partial charge in [0, 0.05) is 12.1 Å². The van der Waals surface area contributed by atoms with E-state index in [0.29, 0.717) is 0 Å². The second-order valence-electron chi connectivity index (χ2n) is 5.37. The molecule has 1 saturated carbocycles. The number of carboxylic acid groups (broad SMARTS) is 1. The number of hydrogen-bond donors (Lipinski definition) is 1. The van der Waals surface area contributed by atoms with Gasteiger partial charge in [0.2, 0.25) is 5.91 Å². The molecule has 1 aliphatic carbocycles. The average Bonchev–Trinajstić information content (AvgIpc) is 3.32. The maximum absolute atomic E-state index is 12.2. The van der Waals surface area contributed by atoms with Crippen LogP contribution in [-0.4, -0.2) is 45.5 Å². The standard InChI is InChI=1S/C15H18N2O6/c1-10(15(19)20)16(11-6-7-11)14(18)8-9-23-13-5-3-2-4-12(13)17(21)22/h2-5,10-11H,6-9H2,1H3,(H,19,20). The lowest BCUT2D eigenvalue weighted by atomic mass is 10.2. The molecule has 0 bridgehead atoms. The smallest absolute Gasteiger partial charge is 0.326 e. The van der Waals surface area contributed by atoms with Gasteiger partial charge in [-0.3, -0.25) is 14.9 Å². The van der Waals surface area contributed by atoms with Crippen LogP contribution in [0.15, 0.2) is 24.3 Å². The van der Waals surface area contributed by atoms with Gasteiger partial charge < -0.3 is 14.7 Å². The molecule has 8 nitrogen and oxygen atoms in total. The fraction of sp³-hybridized carbons (Fsp3) is 0.467. The monoisotopic (exact) mass is 322 g/mol. The van der Waals surface area contributed by atoms with Crippen LogP contribution in [0.2, 0.25) is 0 Å². The number of rotatable bonds is 8. The van der Waals surface area contributed by atoms with Crippen LogP contribution >= 0.6 is 0 Å². The minimum Gasteiger partial charge on any atom is -0.486 e. The third-order valence-corrected chi connectivity index (χ3v) is 3.64. The van der Waals surface area contributed by atoms with E-state index in [1.165, 1.54) is 30.0 Å². The Morgan fingerprint density at radius 2 is 2.09 bits per heavy atom. The van der Waals surface area contributed by atoms with Crippen molar-refractivity contribution in [2.75, 3.05) is 6.61 Å². The highest BCUT2D eigenvalue weighted by molar-refractivity contribution is 5.84. The maximum Gasteiger partial charge on any atom is 0.326 e. The third kappa shape index (κ3) is 4.18. The molecule has 1 amide bonds. The highest BCUT2D eigenvalue weighted by atomic mass is 16.6. The normalized spacial score (nSPS) is 14.8. The molecule has 0 aliphatic heterocycles. The lowest BCUT2D eigenvalue weighted by Crippen LogP contribution is -2.45. The number of nitro groups is 1. The van der Waals surface area contributed by atoms with Crippen LogP contribution in [0.3, 0.4) is 0 Å². The molecule has 0 saturated heterocycles. The summed E-state index contributed by atoms with van der Waals surface area (Å²) in [7, 11) is 0. The van der Waals surface area contributed by atoms with Crippen molar-refractivity contribution in [2.45, 2.75) is 38.3 Å². The lowest BCUT2D eigenvalue weighted by molar-refractivity contribution is -0.385. The van der Waals surface area contributed by atoms with Gasteiger partial charge in [0.05, 0.1) is 18.0 Å². The largest absolute Gasteiger partial charge is 0.486 e. The Bertz CT molecular complexity index is 614. The summed E-state index contributed by atoms with van der Waals surface area (Å²) in [5.41, 5.74) is -0.169. The number of nitrogens with zero attached hydrogens (tertiary/aromatic N) is 2. The summed E-state index contributed by atoms with van der Waals surface area (Å²) in [6.45, 7) is 1.43. The Balaban J connectivity index is 1.94. The number of benzene rings is 1. The van der Waals surface area contributed by atoms with Crippen molar-refractivity contribution in [1.29, 1.82) is 0 Å². The summed E-state index contributed by atoms with van der Waals surface area (Å²) in [5.74, 6) is -1.28. The Labute approximate surface area is 132 Å². The number of nitro benzene ring substituents is 1. The summed E-state index contributed by atoms with van der Waals surface area (Å²) < 4.78 is 5.32. The molecule has 1 aliphatic rings. The zero-order valence-corrected chi connectivity index (χ0v) is 12.7. The van der Waals surface area contributed by atoms with Gasteiger partial charge in [-0.25, -0.2) is 4.79 Å². The van der Waals surface area contributed by atoms with E-state index in [2.05, 4.69) is 0 Å². The van der Waals surface area contributed by atoms with E-state index in [0.717, 1.165) is 12.8 Å². The SMILES string of the molecule is CC(C(=O)O)N(C(=O)CCOc1ccccc1[N+](=O)[O-])C1CC1. The maximum atomic E-state index is 12.2. The van der Waals surface area contributed by atoms with Crippen LogP contribution in [0.4, 0.5) is 5.69 Å². The van der Waals surface area contributed by atoms with E-state index in [4.69, 9.17) is 9.84 Å². The molecule has 1 fully saturated rings.